The Hall–Kier alpha value is -3.47. The Morgan fingerprint density at radius 2 is 1.88 bits per heavy atom. The third kappa shape index (κ3) is 5.30. The molecule has 0 saturated heterocycles. The smallest absolute Gasteiger partial charge is 0.338 e. The first-order valence-electron chi connectivity index (χ1n) is 11.3. The highest BCUT2D eigenvalue weighted by atomic mass is 16.6. The predicted octanol–water partition coefficient (Wildman–Crippen LogP) is 4.22. The molecule has 2 aliphatic rings. The molecule has 1 unspecified atom stereocenters. The maximum atomic E-state index is 12.7. The van der Waals surface area contributed by atoms with Crippen LogP contribution in [0, 0.1) is 17.2 Å². The molecule has 1 aromatic carbocycles. The summed E-state index contributed by atoms with van der Waals surface area (Å²) in [5.74, 6) is -0.924. The van der Waals surface area contributed by atoms with Crippen LogP contribution in [0.4, 0.5) is 0 Å². The Labute approximate surface area is 193 Å². The van der Waals surface area contributed by atoms with Gasteiger partial charge in [0.15, 0.2) is 11.5 Å². The highest BCUT2D eigenvalue weighted by Gasteiger charge is 2.37. The second kappa shape index (κ2) is 10.9. The van der Waals surface area contributed by atoms with Gasteiger partial charge in [0.2, 0.25) is 5.88 Å². The molecule has 0 aromatic heterocycles. The molecule has 1 saturated carbocycles. The quantitative estimate of drug-likeness (QED) is 0.480. The molecule has 1 aliphatic carbocycles. The molecule has 176 valence electrons. The summed E-state index contributed by atoms with van der Waals surface area (Å²) in [5, 5.41) is 9.76. The molecule has 2 N–H and O–H groups in total. The molecular formula is C25H30N2O6. The number of benzene rings is 1. The molecule has 8 nitrogen and oxygen atoms in total. The van der Waals surface area contributed by atoms with E-state index in [0.29, 0.717) is 23.7 Å². The van der Waals surface area contributed by atoms with E-state index < -0.39 is 11.9 Å². The lowest BCUT2D eigenvalue weighted by atomic mass is 9.83. The molecule has 0 bridgehead atoms. The molecule has 1 aliphatic heterocycles. The fourth-order valence-electron chi connectivity index (χ4n) is 4.27. The van der Waals surface area contributed by atoms with Crippen molar-refractivity contribution in [2.75, 3.05) is 13.2 Å². The largest absolute Gasteiger partial charge is 0.490 e. The normalized spacial score (nSPS) is 18.9. The van der Waals surface area contributed by atoms with Gasteiger partial charge in [-0.15, -0.1) is 0 Å². The minimum Gasteiger partial charge on any atom is -0.490 e. The van der Waals surface area contributed by atoms with E-state index in [1.165, 1.54) is 0 Å². The molecule has 3 rings (SSSR count). The molecular weight excluding hydrogens is 424 g/mol. The minimum atomic E-state index is -0.801. The Balaban J connectivity index is 1.99. The van der Waals surface area contributed by atoms with Crippen LogP contribution in [-0.4, -0.2) is 25.2 Å². The van der Waals surface area contributed by atoms with Crippen LogP contribution in [0.15, 0.2) is 41.0 Å². The highest BCUT2D eigenvalue weighted by Crippen LogP contribution is 2.42. The first-order chi connectivity index (χ1) is 15.9. The van der Waals surface area contributed by atoms with Crippen molar-refractivity contribution < 1.29 is 28.5 Å². The highest BCUT2D eigenvalue weighted by molar-refractivity contribution is 5.92. The topological polar surface area (TPSA) is 121 Å². The molecule has 0 spiro atoms. The van der Waals surface area contributed by atoms with E-state index in [0.717, 1.165) is 32.1 Å². The number of nitrogens with zero attached hydrogens (tertiary/aromatic N) is 1. The summed E-state index contributed by atoms with van der Waals surface area (Å²) >= 11 is 0. The molecule has 1 fully saturated rings. The van der Waals surface area contributed by atoms with Crippen molar-refractivity contribution in [2.24, 2.45) is 11.7 Å². The Kier molecular flexibility index (Phi) is 7.99. The van der Waals surface area contributed by atoms with E-state index in [-0.39, 0.29) is 41.3 Å². The average molecular weight is 455 g/mol. The third-order valence-electron chi connectivity index (χ3n) is 5.85. The van der Waals surface area contributed by atoms with Crippen molar-refractivity contribution in [3.05, 3.63) is 46.6 Å². The van der Waals surface area contributed by atoms with Gasteiger partial charge in [-0.05, 0) is 51.3 Å². The lowest BCUT2D eigenvalue weighted by molar-refractivity contribution is -0.140. The van der Waals surface area contributed by atoms with E-state index in [4.69, 9.17) is 24.7 Å². The molecule has 0 amide bonds. The summed E-state index contributed by atoms with van der Waals surface area (Å²) in [4.78, 5) is 25.4. The minimum absolute atomic E-state index is 0.0705. The Morgan fingerprint density at radius 3 is 2.52 bits per heavy atom. The van der Waals surface area contributed by atoms with Crippen LogP contribution in [0.2, 0.25) is 0 Å². The van der Waals surface area contributed by atoms with Crippen molar-refractivity contribution in [3.8, 4) is 17.6 Å². The van der Waals surface area contributed by atoms with Crippen LogP contribution in [-0.2, 0) is 19.1 Å². The van der Waals surface area contributed by atoms with E-state index in [9.17, 15) is 14.9 Å². The van der Waals surface area contributed by atoms with Crippen LogP contribution in [0.5, 0.6) is 11.5 Å². The Bertz CT molecular complexity index is 1010. The van der Waals surface area contributed by atoms with Gasteiger partial charge >= 0.3 is 11.9 Å². The zero-order chi connectivity index (χ0) is 24.0. The van der Waals surface area contributed by atoms with Gasteiger partial charge in [0.1, 0.15) is 17.4 Å². The molecule has 1 aromatic rings. The SMILES string of the molecule is CCOC(=O)C1=C(C)OC(N)=C(C#N)C1c1ccc(OC(=O)C2CCCCC2)c(OCC)c1. The number of carbonyl (C=O) groups excluding carboxylic acids is 2. The van der Waals surface area contributed by atoms with E-state index in [2.05, 4.69) is 6.07 Å². The second-order valence-electron chi connectivity index (χ2n) is 8.01. The van der Waals surface area contributed by atoms with E-state index in [1.807, 2.05) is 6.92 Å². The summed E-state index contributed by atoms with van der Waals surface area (Å²) in [6, 6.07) is 7.04. The summed E-state index contributed by atoms with van der Waals surface area (Å²) in [7, 11) is 0. The Morgan fingerprint density at radius 1 is 1.15 bits per heavy atom. The van der Waals surface area contributed by atoms with Crippen LogP contribution < -0.4 is 15.2 Å². The molecule has 1 heterocycles. The third-order valence-corrected chi connectivity index (χ3v) is 5.85. The van der Waals surface area contributed by atoms with Gasteiger partial charge in [0.05, 0.1) is 30.6 Å². The summed E-state index contributed by atoms with van der Waals surface area (Å²) in [5.41, 5.74) is 6.82. The van der Waals surface area contributed by atoms with Crippen molar-refractivity contribution >= 4 is 11.9 Å². The second-order valence-corrected chi connectivity index (χ2v) is 8.01. The first kappa shape index (κ1) is 24.2. The van der Waals surface area contributed by atoms with Crippen molar-refractivity contribution in [1.29, 1.82) is 5.26 Å². The number of rotatable bonds is 7. The van der Waals surface area contributed by atoms with Crippen LogP contribution in [0.25, 0.3) is 0 Å². The summed E-state index contributed by atoms with van der Waals surface area (Å²) in [6.07, 6.45) is 4.83. The van der Waals surface area contributed by atoms with E-state index >= 15 is 0 Å². The molecule has 8 heteroatoms. The zero-order valence-corrected chi connectivity index (χ0v) is 19.3. The van der Waals surface area contributed by atoms with Crippen molar-refractivity contribution in [3.63, 3.8) is 0 Å². The van der Waals surface area contributed by atoms with Gasteiger partial charge in [-0.1, -0.05) is 25.3 Å². The number of nitrogens with two attached hydrogens (primary N) is 1. The molecule has 33 heavy (non-hydrogen) atoms. The standard InChI is InChI=1S/C25H30N2O6/c1-4-30-20-13-17(11-12-19(20)33-24(28)16-9-7-6-8-10-16)22-18(14-26)23(27)32-15(3)21(22)25(29)31-5-2/h11-13,16,22H,4-10,27H2,1-3H3. The number of hydrogen-bond acceptors (Lipinski definition) is 8. The van der Waals surface area contributed by atoms with Gasteiger partial charge in [0, 0.05) is 0 Å². The van der Waals surface area contributed by atoms with Crippen LogP contribution >= 0.6 is 0 Å². The van der Waals surface area contributed by atoms with Gasteiger partial charge in [-0.25, -0.2) is 4.79 Å². The van der Waals surface area contributed by atoms with Gasteiger partial charge < -0.3 is 24.7 Å². The fraction of sp³-hybridized carbons (Fsp3) is 0.480. The van der Waals surface area contributed by atoms with Crippen molar-refractivity contribution in [2.45, 2.75) is 58.8 Å². The summed E-state index contributed by atoms with van der Waals surface area (Å²) in [6.45, 7) is 5.63. The maximum Gasteiger partial charge on any atom is 0.338 e. The number of carbonyl (C=O) groups is 2. The van der Waals surface area contributed by atoms with Crippen LogP contribution in [0.3, 0.4) is 0 Å². The lowest BCUT2D eigenvalue weighted by Gasteiger charge is -2.27. The van der Waals surface area contributed by atoms with Gasteiger partial charge in [-0.3, -0.25) is 4.79 Å². The van der Waals surface area contributed by atoms with Gasteiger partial charge in [0.25, 0.3) is 0 Å². The average Bonchev–Trinajstić information content (AvgIpc) is 2.80. The molecule has 0 radical (unpaired) electrons. The fourth-order valence-corrected chi connectivity index (χ4v) is 4.27. The first-order valence-corrected chi connectivity index (χ1v) is 11.3. The number of allylic oxidation sites excluding steroid dienone is 2. The number of nitriles is 1. The predicted molar refractivity (Wildman–Crippen MR) is 120 cm³/mol. The number of ether oxygens (including phenoxy) is 4. The van der Waals surface area contributed by atoms with Crippen LogP contribution in [0.1, 0.15) is 64.4 Å². The summed E-state index contributed by atoms with van der Waals surface area (Å²) < 4.78 is 22.1. The lowest BCUT2D eigenvalue weighted by Crippen LogP contribution is -2.25. The van der Waals surface area contributed by atoms with E-state index in [1.54, 1.807) is 32.0 Å². The maximum absolute atomic E-state index is 12.7. The number of hydrogen-bond donors (Lipinski definition) is 1. The van der Waals surface area contributed by atoms with Gasteiger partial charge in [-0.2, -0.15) is 5.26 Å². The monoisotopic (exact) mass is 454 g/mol. The zero-order valence-electron chi connectivity index (χ0n) is 19.3. The van der Waals surface area contributed by atoms with Crippen molar-refractivity contribution in [1.82, 2.24) is 0 Å². The number of esters is 2. The molecule has 1 atom stereocenters.